The maximum atomic E-state index is 11.0. The van der Waals surface area contributed by atoms with Gasteiger partial charge in [0.1, 0.15) is 0 Å². The molecule has 1 unspecified atom stereocenters. The first-order valence-corrected chi connectivity index (χ1v) is 38.0. The predicted molar refractivity (Wildman–Crippen MR) is 453 cm³/mol. The molecule has 0 fully saturated rings. The van der Waals surface area contributed by atoms with E-state index in [0.717, 1.165) is 95.0 Å². The Morgan fingerprint density at radius 1 is 0.308 bits per heavy atom. The molecule has 0 aliphatic carbocycles. The molecule has 0 spiro atoms. The minimum Gasteiger partial charge on any atom is -0.310 e. The lowest BCUT2D eigenvalue weighted by atomic mass is 9.31. The number of hydrogen-bond donors (Lipinski definition) is 0. The van der Waals surface area contributed by atoms with Gasteiger partial charge in [-0.3, -0.25) is 0 Å². The van der Waals surface area contributed by atoms with Gasteiger partial charge >= 0.3 is 0 Å². The average molecular weight is 1380 g/mol. The third-order valence-electron chi connectivity index (χ3n) is 23.1. The van der Waals surface area contributed by atoms with Crippen LogP contribution in [0.25, 0.3) is 99.5 Å². The van der Waals surface area contributed by atoms with Crippen LogP contribution >= 0.6 is 0 Å². The van der Waals surface area contributed by atoms with Gasteiger partial charge in [-0.1, -0.05) is 285 Å². The Balaban J connectivity index is 1.08. The molecule has 15 aromatic rings. The van der Waals surface area contributed by atoms with Crippen LogP contribution in [0.3, 0.4) is 0 Å². The summed E-state index contributed by atoms with van der Waals surface area (Å²) in [5.74, 6) is -0.405. The number of nitriles is 2. The van der Waals surface area contributed by atoms with Crippen molar-refractivity contribution in [2.24, 2.45) is 0 Å². The van der Waals surface area contributed by atoms with Crippen LogP contribution in [-0.2, 0) is 27.1 Å². The van der Waals surface area contributed by atoms with Gasteiger partial charge in [-0.05, 0) is 207 Å². The van der Waals surface area contributed by atoms with Crippen molar-refractivity contribution >= 4 is 83.8 Å². The highest BCUT2D eigenvalue weighted by atomic mass is 15.2. The summed E-state index contributed by atoms with van der Waals surface area (Å²) in [6.45, 7) is 34.6. The van der Waals surface area contributed by atoms with E-state index < -0.39 is 5.92 Å². The summed E-state index contributed by atoms with van der Waals surface area (Å²) in [5, 5.41) is 26.7. The van der Waals surface area contributed by atoms with E-state index in [2.05, 4.69) is 385 Å². The molecule has 0 bridgehead atoms. The largest absolute Gasteiger partial charge is 0.310 e. The molecule has 0 N–H and O–H groups in total. The molecule has 13 aromatic carbocycles. The van der Waals surface area contributed by atoms with E-state index in [4.69, 9.17) is 0 Å². The third kappa shape index (κ3) is 11.5. The lowest BCUT2D eigenvalue weighted by Crippen LogP contribution is -2.62. The summed E-state index contributed by atoms with van der Waals surface area (Å²) in [5.41, 5.74) is 32.0. The Bertz CT molecular complexity index is 5760. The van der Waals surface area contributed by atoms with Crippen LogP contribution in [0.5, 0.6) is 0 Å². The van der Waals surface area contributed by atoms with Gasteiger partial charge in [0, 0.05) is 61.3 Å². The molecular formula is C101H90BN5. The first-order valence-electron chi connectivity index (χ1n) is 38.0. The smallest absolute Gasteiger partial charge is 0.247 e. The number of fused-ring (bicyclic) bond motifs is 10. The van der Waals surface area contributed by atoms with Crippen molar-refractivity contribution in [1.82, 2.24) is 9.13 Å². The Labute approximate surface area is 631 Å². The van der Waals surface area contributed by atoms with Gasteiger partial charge in [0.25, 0.3) is 0 Å². The fourth-order valence-corrected chi connectivity index (χ4v) is 17.3. The third-order valence-corrected chi connectivity index (χ3v) is 23.1. The van der Waals surface area contributed by atoms with Crippen LogP contribution in [-0.4, -0.2) is 15.8 Å². The molecule has 107 heavy (non-hydrogen) atoms. The normalized spacial score (nSPS) is 13.8. The minimum absolute atomic E-state index is 0.0852. The van der Waals surface area contributed by atoms with Crippen LogP contribution < -0.4 is 21.3 Å². The molecule has 1 atom stereocenters. The van der Waals surface area contributed by atoms with Crippen LogP contribution in [0, 0.1) is 22.7 Å². The number of hydrogen-bond acceptors (Lipinski definition) is 3. The molecule has 4 heterocycles. The summed E-state index contributed by atoms with van der Waals surface area (Å²) >= 11 is 0. The number of benzene rings is 13. The summed E-state index contributed by atoms with van der Waals surface area (Å²) in [6.07, 6.45) is 0. The highest BCUT2D eigenvalue weighted by Crippen LogP contribution is 2.55. The first-order chi connectivity index (χ1) is 51.1. The molecule has 6 heteroatoms. The van der Waals surface area contributed by atoms with Gasteiger partial charge in [0.2, 0.25) is 6.71 Å². The number of anilines is 3. The van der Waals surface area contributed by atoms with E-state index in [1.165, 1.54) is 82.4 Å². The van der Waals surface area contributed by atoms with E-state index in [1.807, 2.05) is 12.1 Å². The van der Waals surface area contributed by atoms with Crippen LogP contribution in [0.15, 0.2) is 267 Å². The topological polar surface area (TPSA) is 60.7 Å². The zero-order valence-corrected chi connectivity index (χ0v) is 64.3. The monoisotopic (exact) mass is 1380 g/mol. The number of nitrogens with zero attached hydrogens (tertiary/aromatic N) is 5. The molecule has 17 rings (SSSR count). The van der Waals surface area contributed by atoms with Crippen LogP contribution in [0.4, 0.5) is 17.1 Å². The fraction of sp³-hybridized carbons (Fsp3) is 0.208. The summed E-state index contributed by atoms with van der Waals surface area (Å²) in [4.78, 5) is 2.69. The molecule has 2 aliphatic heterocycles. The van der Waals surface area contributed by atoms with Crippen molar-refractivity contribution < 1.29 is 0 Å². The number of para-hydroxylation sites is 4. The molecule has 0 amide bonds. The van der Waals surface area contributed by atoms with Crippen molar-refractivity contribution in [2.45, 2.75) is 137 Å². The van der Waals surface area contributed by atoms with E-state index in [9.17, 15) is 10.5 Å². The van der Waals surface area contributed by atoms with Gasteiger partial charge in [0.05, 0.1) is 51.0 Å². The molecule has 2 aliphatic rings. The predicted octanol–water partition coefficient (Wildman–Crippen LogP) is 24.6. The van der Waals surface area contributed by atoms with Crippen LogP contribution in [0.2, 0.25) is 0 Å². The van der Waals surface area contributed by atoms with E-state index in [1.54, 1.807) is 0 Å². The SMILES string of the molecule is CC(C)(C)c1ccc(-c2cc(C(C)(C)C)cc(-c3cccc(C#N)c3)c2C2c3cc(-n4c5ccccc5c5ccccc54)ccc3B3c4ccc(-n5c6ccccc6c6ccccc65)cc4N(c4c(-c5ccc(C(C)(C)C)cc5)cc(C(C)(C)C)cc4-c4cccc(C#N)c4)c4cc(C(C)(C)C)cc2c43)cc1. The van der Waals surface area contributed by atoms with Gasteiger partial charge < -0.3 is 14.0 Å². The van der Waals surface area contributed by atoms with Gasteiger partial charge in [-0.25, -0.2) is 0 Å². The number of rotatable bonds is 8. The maximum absolute atomic E-state index is 11.0. The second kappa shape index (κ2) is 25.0. The molecule has 5 nitrogen and oxygen atoms in total. The van der Waals surface area contributed by atoms with Crippen LogP contribution in [0.1, 0.15) is 165 Å². The summed E-state index contributed by atoms with van der Waals surface area (Å²) in [6, 6.07) is 106. The Kier molecular flexibility index (Phi) is 16.0. The zero-order valence-electron chi connectivity index (χ0n) is 64.3. The Morgan fingerprint density at radius 2 is 0.692 bits per heavy atom. The molecule has 0 saturated heterocycles. The lowest BCUT2D eigenvalue weighted by molar-refractivity contribution is 0.588. The summed E-state index contributed by atoms with van der Waals surface area (Å²) < 4.78 is 4.97. The van der Waals surface area contributed by atoms with Crippen molar-refractivity contribution in [3.05, 3.63) is 323 Å². The highest BCUT2D eigenvalue weighted by molar-refractivity contribution is 6.99. The standard InChI is InChI=1S/C101H90BN5/c1-97(2,3)68-42-38-64(39-43-68)79-52-70(99(7,8)9)53-80(66-28-24-26-62(50-66)60-103)93(79)94-83-58-73(105-87-34-20-16-30-75(87)76-31-17-21-35-88(76)105)46-48-85(83)102-86-49-47-74(106-89-36-22-18-32-77(89)78-33-19-23-37-90(78)106)59-91(86)107(92-57-72(101(13,14)15)56-84(94)95(92)102)96-81(65-40-44-69(45-41-65)98(4,5)6)54-71(100(10,11)12)55-82(96)67-29-25-27-63(51-67)61-104/h16-59,94H,1-15H3. The zero-order chi connectivity index (χ0) is 74.5. The highest BCUT2D eigenvalue weighted by Gasteiger charge is 2.47. The Morgan fingerprint density at radius 3 is 1.14 bits per heavy atom. The maximum Gasteiger partial charge on any atom is 0.247 e. The van der Waals surface area contributed by atoms with E-state index >= 15 is 0 Å². The quantitative estimate of drug-likeness (QED) is 0.142. The molecule has 0 radical (unpaired) electrons. The summed E-state index contributed by atoms with van der Waals surface area (Å²) in [7, 11) is 0. The van der Waals surface area contributed by atoms with E-state index in [0.29, 0.717) is 11.1 Å². The van der Waals surface area contributed by atoms with Crippen molar-refractivity contribution in [3.8, 4) is 68.0 Å². The van der Waals surface area contributed by atoms with Gasteiger partial charge in [0.15, 0.2) is 0 Å². The van der Waals surface area contributed by atoms with Gasteiger partial charge in [-0.15, -0.1) is 0 Å². The van der Waals surface area contributed by atoms with Crippen molar-refractivity contribution in [1.29, 1.82) is 10.5 Å². The second-order valence-corrected chi connectivity index (χ2v) is 35.2. The van der Waals surface area contributed by atoms with Crippen molar-refractivity contribution in [2.75, 3.05) is 4.90 Å². The molecule has 2 aromatic heterocycles. The molecule has 0 saturated carbocycles. The lowest BCUT2D eigenvalue weighted by Gasteiger charge is -2.45. The first kappa shape index (κ1) is 68.4. The minimum atomic E-state index is -0.405. The molecular weight excluding hydrogens is 1290 g/mol. The molecule has 522 valence electrons. The van der Waals surface area contributed by atoms with Gasteiger partial charge in [-0.2, -0.15) is 10.5 Å². The fourth-order valence-electron chi connectivity index (χ4n) is 17.3. The second-order valence-electron chi connectivity index (χ2n) is 35.2. The van der Waals surface area contributed by atoms with E-state index in [-0.39, 0.29) is 33.8 Å². The Hall–Kier alpha value is -11.7. The van der Waals surface area contributed by atoms with Crippen molar-refractivity contribution in [3.63, 3.8) is 0 Å². The number of aromatic nitrogens is 2. The average Bonchev–Trinajstić information content (AvgIpc) is 0.717.